The maximum atomic E-state index is 5.99. The van der Waals surface area contributed by atoms with Crippen LogP contribution in [0.4, 0.5) is 5.95 Å². The molecule has 0 spiro atoms. The molecule has 0 aliphatic carbocycles. The van der Waals surface area contributed by atoms with E-state index in [0.29, 0.717) is 16.0 Å². The summed E-state index contributed by atoms with van der Waals surface area (Å²) in [5.41, 5.74) is 5.54. The number of rotatable bonds is 3. The number of nitrogens with zero attached hydrogens (tertiary/aromatic N) is 5. The zero-order chi connectivity index (χ0) is 14.1. The molecule has 7 nitrogen and oxygen atoms in total. The van der Waals surface area contributed by atoms with Crippen LogP contribution in [-0.2, 0) is 0 Å². The summed E-state index contributed by atoms with van der Waals surface area (Å²) in [6.45, 7) is 0. The lowest BCUT2D eigenvalue weighted by Crippen LogP contribution is -2.11. The van der Waals surface area contributed by atoms with Crippen LogP contribution in [-0.4, -0.2) is 24.8 Å². The number of hydrogen-bond donors (Lipinski definition) is 2. The highest BCUT2D eigenvalue weighted by Crippen LogP contribution is 2.29. The van der Waals surface area contributed by atoms with Crippen molar-refractivity contribution < 1.29 is 0 Å². The standard InChI is InChI=1S/C10H8ClN7S2/c11-6-4-7(15-9(12)14-6)20-10-17-16-8(18(10)13)5-2-1-3-19-5/h1-4H,13H2,(H2,12,14,15). The van der Waals surface area contributed by atoms with E-state index in [0.717, 1.165) is 4.88 Å². The summed E-state index contributed by atoms with van der Waals surface area (Å²) in [4.78, 5) is 8.78. The first kappa shape index (κ1) is 13.2. The van der Waals surface area contributed by atoms with Crippen LogP contribution in [0.25, 0.3) is 10.7 Å². The Morgan fingerprint density at radius 2 is 2.15 bits per heavy atom. The summed E-state index contributed by atoms with van der Waals surface area (Å²) in [6, 6.07) is 5.43. The Bertz CT molecular complexity index is 720. The minimum Gasteiger partial charge on any atom is -0.368 e. The highest BCUT2D eigenvalue weighted by molar-refractivity contribution is 7.99. The molecule has 3 rings (SSSR count). The van der Waals surface area contributed by atoms with Crippen molar-refractivity contribution in [1.29, 1.82) is 0 Å². The quantitative estimate of drug-likeness (QED) is 0.559. The number of nitrogen functional groups attached to an aromatic ring is 2. The van der Waals surface area contributed by atoms with Crippen LogP contribution >= 0.6 is 34.7 Å². The van der Waals surface area contributed by atoms with E-state index < -0.39 is 0 Å². The highest BCUT2D eigenvalue weighted by Gasteiger charge is 2.14. The molecule has 3 heterocycles. The second kappa shape index (κ2) is 5.27. The van der Waals surface area contributed by atoms with E-state index in [9.17, 15) is 0 Å². The fraction of sp³-hybridized carbons (Fsp3) is 0. The van der Waals surface area contributed by atoms with Gasteiger partial charge in [0, 0.05) is 6.07 Å². The molecular formula is C10H8ClN7S2. The zero-order valence-electron chi connectivity index (χ0n) is 9.89. The van der Waals surface area contributed by atoms with Gasteiger partial charge in [0.2, 0.25) is 11.1 Å². The predicted octanol–water partition coefficient (Wildman–Crippen LogP) is 1.90. The van der Waals surface area contributed by atoms with Gasteiger partial charge in [-0.25, -0.2) is 14.6 Å². The SMILES string of the molecule is Nc1nc(Cl)cc(Sc2nnc(-c3cccs3)n2N)n1. The van der Waals surface area contributed by atoms with E-state index in [1.807, 2.05) is 17.5 Å². The van der Waals surface area contributed by atoms with Gasteiger partial charge in [0.25, 0.3) is 0 Å². The van der Waals surface area contributed by atoms with E-state index in [4.69, 9.17) is 23.2 Å². The van der Waals surface area contributed by atoms with Crippen molar-refractivity contribution in [1.82, 2.24) is 24.8 Å². The normalized spacial score (nSPS) is 10.8. The molecule has 0 saturated carbocycles. The van der Waals surface area contributed by atoms with Gasteiger partial charge in [0.05, 0.1) is 4.88 Å². The van der Waals surface area contributed by atoms with Crippen molar-refractivity contribution in [2.75, 3.05) is 11.6 Å². The summed E-state index contributed by atoms with van der Waals surface area (Å²) in [7, 11) is 0. The first-order chi connectivity index (χ1) is 9.63. The van der Waals surface area contributed by atoms with Crippen LogP contribution in [0.2, 0.25) is 5.15 Å². The average molecular weight is 326 g/mol. The molecule has 0 atom stereocenters. The molecular weight excluding hydrogens is 318 g/mol. The average Bonchev–Trinajstić information content (AvgIpc) is 2.99. The lowest BCUT2D eigenvalue weighted by molar-refractivity contribution is 0.847. The number of hydrogen-bond acceptors (Lipinski definition) is 8. The number of nitrogens with two attached hydrogens (primary N) is 2. The van der Waals surface area contributed by atoms with Crippen LogP contribution in [0, 0.1) is 0 Å². The van der Waals surface area contributed by atoms with E-state index in [-0.39, 0.29) is 11.1 Å². The summed E-state index contributed by atoms with van der Waals surface area (Å²) < 4.78 is 1.41. The molecule has 10 heteroatoms. The van der Waals surface area contributed by atoms with Crippen molar-refractivity contribution in [3.05, 3.63) is 28.7 Å². The first-order valence-corrected chi connectivity index (χ1v) is 7.43. The molecule has 0 unspecified atom stereocenters. The van der Waals surface area contributed by atoms with Gasteiger partial charge in [0.1, 0.15) is 10.2 Å². The molecule has 4 N–H and O–H groups in total. The Morgan fingerprint density at radius 1 is 1.30 bits per heavy atom. The lowest BCUT2D eigenvalue weighted by atomic mass is 10.4. The van der Waals surface area contributed by atoms with Gasteiger partial charge in [-0.3, -0.25) is 0 Å². The van der Waals surface area contributed by atoms with E-state index in [1.54, 1.807) is 6.07 Å². The zero-order valence-corrected chi connectivity index (χ0v) is 12.3. The van der Waals surface area contributed by atoms with Gasteiger partial charge in [-0.2, -0.15) is 0 Å². The second-order valence-corrected chi connectivity index (χ2v) is 5.97. The van der Waals surface area contributed by atoms with Gasteiger partial charge in [-0.15, -0.1) is 21.5 Å². The molecule has 102 valence electrons. The Morgan fingerprint density at radius 3 is 2.85 bits per heavy atom. The van der Waals surface area contributed by atoms with Crippen LogP contribution in [0.15, 0.2) is 33.8 Å². The van der Waals surface area contributed by atoms with Gasteiger partial charge in [-0.05, 0) is 23.2 Å². The third-order valence-electron chi connectivity index (χ3n) is 2.29. The fourth-order valence-electron chi connectivity index (χ4n) is 1.48. The molecule has 0 radical (unpaired) electrons. The lowest BCUT2D eigenvalue weighted by Gasteiger charge is -2.02. The van der Waals surface area contributed by atoms with Gasteiger partial charge in [-0.1, -0.05) is 17.7 Å². The maximum Gasteiger partial charge on any atom is 0.222 e. The molecule has 20 heavy (non-hydrogen) atoms. The van der Waals surface area contributed by atoms with Gasteiger partial charge in [0.15, 0.2) is 5.82 Å². The Hall–Kier alpha value is -1.84. The Kier molecular flexibility index (Phi) is 3.47. The van der Waals surface area contributed by atoms with Crippen LogP contribution < -0.4 is 11.6 Å². The number of thiophene rings is 1. The summed E-state index contributed by atoms with van der Waals surface area (Å²) in [6.07, 6.45) is 0. The maximum absolute atomic E-state index is 5.99. The Balaban J connectivity index is 1.92. The monoisotopic (exact) mass is 325 g/mol. The third-order valence-corrected chi connectivity index (χ3v) is 4.23. The number of anilines is 1. The number of halogens is 1. The topological polar surface area (TPSA) is 109 Å². The van der Waals surface area contributed by atoms with Crippen LogP contribution in [0.5, 0.6) is 0 Å². The van der Waals surface area contributed by atoms with Crippen molar-refractivity contribution >= 4 is 40.6 Å². The molecule has 0 saturated heterocycles. The molecule has 0 fully saturated rings. The smallest absolute Gasteiger partial charge is 0.222 e. The van der Waals surface area contributed by atoms with E-state index in [2.05, 4.69) is 20.2 Å². The second-order valence-electron chi connectivity index (χ2n) is 3.64. The Labute approximate surface area is 127 Å². The van der Waals surface area contributed by atoms with Crippen LogP contribution in [0.1, 0.15) is 0 Å². The minimum atomic E-state index is 0.0987. The molecule has 0 aliphatic rings. The van der Waals surface area contributed by atoms with Crippen molar-refractivity contribution in [2.24, 2.45) is 0 Å². The third kappa shape index (κ3) is 2.55. The minimum absolute atomic E-state index is 0.0987. The largest absolute Gasteiger partial charge is 0.368 e. The molecule has 3 aromatic rings. The van der Waals surface area contributed by atoms with E-state index in [1.165, 1.54) is 27.8 Å². The van der Waals surface area contributed by atoms with E-state index >= 15 is 0 Å². The molecule has 0 aliphatic heterocycles. The summed E-state index contributed by atoms with van der Waals surface area (Å²) in [5.74, 6) is 6.68. The van der Waals surface area contributed by atoms with Crippen molar-refractivity contribution in [3.8, 4) is 10.7 Å². The predicted molar refractivity (Wildman–Crippen MR) is 79.1 cm³/mol. The first-order valence-electron chi connectivity index (χ1n) is 5.36. The fourth-order valence-corrected chi connectivity index (χ4v) is 3.20. The molecule has 3 aromatic heterocycles. The summed E-state index contributed by atoms with van der Waals surface area (Å²) >= 11 is 8.58. The van der Waals surface area contributed by atoms with Gasteiger partial charge < -0.3 is 11.6 Å². The van der Waals surface area contributed by atoms with Gasteiger partial charge >= 0.3 is 0 Å². The van der Waals surface area contributed by atoms with Crippen molar-refractivity contribution in [3.63, 3.8) is 0 Å². The van der Waals surface area contributed by atoms with Crippen molar-refractivity contribution in [2.45, 2.75) is 10.2 Å². The highest BCUT2D eigenvalue weighted by atomic mass is 35.5. The number of aromatic nitrogens is 5. The summed E-state index contributed by atoms with van der Waals surface area (Å²) in [5, 5.41) is 11.4. The van der Waals surface area contributed by atoms with Crippen LogP contribution in [0.3, 0.4) is 0 Å². The molecule has 0 bridgehead atoms. The molecule has 0 amide bonds. The molecule has 0 aromatic carbocycles.